The quantitative estimate of drug-likeness (QED) is 0.808. The molecule has 0 atom stereocenters. The standard InChI is InChI=1S/C11H9F3N2O3S/c1-15-8(18)7-4-6(5-17)20-9(7)16(10(15)19)3-2-11(12,13)14/h4-5H,2-3H2,1H3. The molecule has 0 bridgehead atoms. The molecule has 0 saturated heterocycles. The fraction of sp³-hybridized carbons (Fsp3) is 0.364. The second kappa shape index (κ2) is 4.89. The summed E-state index contributed by atoms with van der Waals surface area (Å²) in [6.07, 6.45) is -5.11. The number of carbonyl (C=O) groups is 1. The molecule has 0 saturated carbocycles. The molecule has 0 aliphatic carbocycles. The highest BCUT2D eigenvalue weighted by Crippen LogP contribution is 2.24. The second-order valence-electron chi connectivity index (χ2n) is 4.15. The Bertz CT molecular complexity index is 785. The van der Waals surface area contributed by atoms with E-state index >= 15 is 0 Å². The van der Waals surface area contributed by atoms with Gasteiger partial charge in [0.2, 0.25) is 0 Å². The molecule has 2 aromatic rings. The molecule has 0 aromatic carbocycles. The van der Waals surface area contributed by atoms with E-state index in [4.69, 9.17) is 0 Å². The van der Waals surface area contributed by atoms with Gasteiger partial charge in [0, 0.05) is 13.6 Å². The van der Waals surface area contributed by atoms with E-state index in [-0.39, 0.29) is 15.1 Å². The summed E-state index contributed by atoms with van der Waals surface area (Å²) >= 11 is 0.826. The summed E-state index contributed by atoms with van der Waals surface area (Å²) in [7, 11) is 1.19. The third kappa shape index (κ3) is 2.53. The molecule has 0 fully saturated rings. The average molecular weight is 306 g/mol. The van der Waals surface area contributed by atoms with Crippen molar-refractivity contribution < 1.29 is 18.0 Å². The van der Waals surface area contributed by atoms with Gasteiger partial charge >= 0.3 is 11.9 Å². The number of thiophene rings is 1. The lowest BCUT2D eigenvalue weighted by molar-refractivity contribution is -0.136. The first kappa shape index (κ1) is 14.5. The molecular weight excluding hydrogens is 297 g/mol. The van der Waals surface area contributed by atoms with Crippen LogP contribution in [0.2, 0.25) is 0 Å². The van der Waals surface area contributed by atoms with E-state index in [0.717, 1.165) is 20.5 Å². The minimum absolute atomic E-state index is 0.0707. The molecule has 0 N–H and O–H groups in total. The van der Waals surface area contributed by atoms with Crippen molar-refractivity contribution in [3.05, 3.63) is 31.8 Å². The van der Waals surface area contributed by atoms with E-state index in [1.54, 1.807) is 0 Å². The van der Waals surface area contributed by atoms with Gasteiger partial charge in [0.1, 0.15) is 4.83 Å². The maximum Gasteiger partial charge on any atom is 0.390 e. The van der Waals surface area contributed by atoms with Crippen LogP contribution in [0.15, 0.2) is 15.7 Å². The Morgan fingerprint density at radius 3 is 2.55 bits per heavy atom. The molecule has 5 nitrogen and oxygen atoms in total. The largest absolute Gasteiger partial charge is 0.390 e. The van der Waals surface area contributed by atoms with E-state index in [9.17, 15) is 27.6 Å². The zero-order valence-corrected chi connectivity index (χ0v) is 11.0. The van der Waals surface area contributed by atoms with E-state index in [1.165, 1.54) is 13.1 Å². The summed E-state index contributed by atoms with van der Waals surface area (Å²) in [6.45, 7) is -0.592. The number of halogens is 3. The molecule has 0 spiro atoms. The van der Waals surface area contributed by atoms with Gasteiger partial charge in [-0.25, -0.2) is 4.79 Å². The first-order chi connectivity index (χ1) is 9.24. The topological polar surface area (TPSA) is 61.1 Å². The molecule has 0 amide bonds. The van der Waals surface area contributed by atoms with Crippen LogP contribution in [0, 0.1) is 0 Å². The average Bonchev–Trinajstić information content (AvgIpc) is 2.79. The molecule has 2 aromatic heterocycles. The maximum absolute atomic E-state index is 12.3. The molecule has 0 aliphatic rings. The lowest BCUT2D eigenvalue weighted by Crippen LogP contribution is -2.38. The van der Waals surface area contributed by atoms with Crippen molar-refractivity contribution in [1.29, 1.82) is 0 Å². The zero-order valence-electron chi connectivity index (χ0n) is 10.2. The minimum atomic E-state index is -4.41. The van der Waals surface area contributed by atoms with Crippen molar-refractivity contribution in [1.82, 2.24) is 9.13 Å². The van der Waals surface area contributed by atoms with Gasteiger partial charge in [0.15, 0.2) is 6.29 Å². The van der Waals surface area contributed by atoms with Crippen LogP contribution in [0.5, 0.6) is 0 Å². The van der Waals surface area contributed by atoms with Crippen LogP contribution in [0.1, 0.15) is 16.1 Å². The number of rotatable bonds is 3. The van der Waals surface area contributed by atoms with E-state index < -0.39 is 30.4 Å². The van der Waals surface area contributed by atoms with Crippen LogP contribution in [0.4, 0.5) is 13.2 Å². The highest BCUT2D eigenvalue weighted by Gasteiger charge is 2.27. The number of hydrogen-bond acceptors (Lipinski definition) is 4. The molecule has 2 rings (SSSR count). The Labute approximate surface area is 113 Å². The monoisotopic (exact) mass is 306 g/mol. The highest BCUT2D eigenvalue weighted by atomic mass is 32.1. The fourth-order valence-corrected chi connectivity index (χ4v) is 2.77. The number of nitrogens with zero attached hydrogens (tertiary/aromatic N) is 2. The Morgan fingerprint density at radius 1 is 1.35 bits per heavy atom. The van der Waals surface area contributed by atoms with Crippen LogP contribution in [0.25, 0.3) is 10.2 Å². The maximum atomic E-state index is 12.3. The molecule has 108 valence electrons. The van der Waals surface area contributed by atoms with Crippen molar-refractivity contribution in [2.45, 2.75) is 19.1 Å². The number of hydrogen-bond donors (Lipinski definition) is 0. The molecule has 2 heterocycles. The predicted octanol–water partition coefficient (Wildman–Crippen LogP) is 1.53. The molecule has 9 heteroatoms. The molecule has 0 radical (unpaired) electrons. The smallest absolute Gasteiger partial charge is 0.297 e. The number of aromatic nitrogens is 2. The highest BCUT2D eigenvalue weighted by molar-refractivity contribution is 7.20. The fourth-order valence-electron chi connectivity index (χ4n) is 1.78. The van der Waals surface area contributed by atoms with Crippen molar-refractivity contribution >= 4 is 27.8 Å². The van der Waals surface area contributed by atoms with Gasteiger partial charge in [-0.2, -0.15) is 13.2 Å². The third-order valence-corrected chi connectivity index (χ3v) is 3.85. The summed E-state index contributed by atoms with van der Waals surface area (Å²) in [5.74, 6) is 0. The molecule has 20 heavy (non-hydrogen) atoms. The number of alkyl halides is 3. The SMILES string of the molecule is Cn1c(=O)c2cc(C=O)sc2n(CCC(F)(F)F)c1=O. The summed E-state index contributed by atoms with van der Waals surface area (Å²) in [5, 5.41) is 0.0707. The van der Waals surface area contributed by atoms with Gasteiger partial charge in [0.25, 0.3) is 5.56 Å². The normalized spacial score (nSPS) is 12.0. The summed E-state index contributed by atoms with van der Waals surface area (Å²) < 4.78 is 38.5. The lowest BCUT2D eigenvalue weighted by atomic mass is 10.3. The molecule has 0 unspecified atom stereocenters. The molecular formula is C11H9F3N2O3S. The van der Waals surface area contributed by atoms with Gasteiger partial charge in [-0.3, -0.25) is 18.7 Å². The first-order valence-electron chi connectivity index (χ1n) is 5.50. The van der Waals surface area contributed by atoms with E-state index in [2.05, 4.69) is 0 Å². The molecule has 0 aliphatic heterocycles. The van der Waals surface area contributed by atoms with Gasteiger partial charge in [-0.05, 0) is 6.07 Å². The van der Waals surface area contributed by atoms with Crippen molar-refractivity contribution in [3.8, 4) is 0 Å². The minimum Gasteiger partial charge on any atom is -0.297 e. The number of aldehydes is 1. The Morgan fingerprint density at radius 2 is 2.00 bits per heavy atom. The van der Waals surface area contributed by atoms with Crippen LogP contribution in [-0.2, 0) is 13.6 Å². The van der Waals surface area contributed by atoms with Crippen LogP contribution < -0.4 is 11.2 Å². The zero-order chi connectivity index (χ0) is 15.1. The second-order valence-corrected chi connectivity index (χ2v) is 5.21. The van der Waals surface area contributed by atoms with Crippen LogP contribution in [0.3, 0.4) is 0 Å². The Balaban J connectivity index is 2.69. The van der Waals surface area contributed by atoms with Crippen LogP contribution >= 0.6 is 11.3 Å². The van der Waals surface area contributed by atoms with Crippen molar-refractivity contribution in [2.75, 3.05) is 0 Å². The van der Waals surface area contributed by atoms with Crippen molar-refractivity contribution in [2.24, 2.45) is 7.05 Å². The predicted molar refractivity (Wildman–Crippen MR) is 67.4 cm³/mol. The van der Waals surface area contributed by atoms with Gasteiger partial charge in [-0.15, -0.1) is 11.3 Å². The Kier molecular flexibility index (Phi) is 3.55. The van der Waals surface area contributed by atoms with Gasteiger partial charge in [0.05, 0.1) is 16.7 Å². The Hall–Kier alpha value is -1.90. The van der Waals surface area contributed by atoms with Gasteiger partial charge < -0.3 is 0 Å². The van der Waals surface area contributed by atoms with E-state index in [1.807, 2.05) is 0 Å². The number of fused-ring (bicyclic) bond motifs is 1. The van der Waals surface area contributed by atoms with E-state index in [0.29, 0.717) is 6.29 Å². The summed E-state index contributed by atoms with van der Waals surface area (Å²) in [6, 6.07) is 1.28. The summed E-state index contributed by atoms with van der Waals surface area (Å²) in [4.78, 5) is 34.7. The first-order valence-corrected chi connectivity index (χ1v) is 6.31. The third-order valence-electron chi connectivity index (χ3n) is 2.76. The lowest BCUT2D eigenvalue weighted by Gasteiger charge is -2.10. The van der Waals surface area contributed by atoms with Crippen LogP contribution in [-0.4, -0.2) is 21.6 Å². The van der Waals surface area contributed by atoms with Gasteiger partial charge in [-0.1, -0.05) is 0 Å². The number of aryl methyl sites for hydroxylation is 1. The number of carbonyl (C=O) groups excluding carboxylic acids is 1. The summed E-state index contributed by atoms with van der Waals surface area (Å²) in [5.41, 5.74) is -1.45. The van der Waals surface area contributed by atoms with Crippen molar-refractivity contribution in [3.63, 3.8) is 0 Å².